The lowest BCUT2D eigenvalue weighted by Gasteiger charge is -1.74. The second kappa shape index (κ2) is 2.92. The second-order valence-electron chi connectivity index (χ2n) is 1.61. The van der Waals surface area contributed by atoms with Gasteiger partial charge < -0.3 is 4.42 Å². The van der Waals surface area contributed by atoms with E-state index in [-0.39, 0.29) is 0 Å². The van der Waals surface area contributed by atoms with Crippen LogP contribution >= 0.6 is 0 Å². The van der Waals surface area contributed by atoms with Gasteiger partial charge in [-0.1, -0.05) is 24.8 Å². The summed E-state index contributed by atoms with van der Waals surface area (Å²) >= 11 is 0. The summed E-state index contributed by atoms with van der Waals surface area (Å²) in [6.07, 6.45) is 8.37. The maximum atomic E-state index is 5.10. The number of rotatable bonds is 2. The highest BCUT2D eigenvalue weighted by atomic mass is 16.3. The quantitative estimate of drug-likeness (QED) is 0.544. The van der Waals surface area contributed by atoms with Crippen LogP contribution in [0, 0.1) is 6.58 Å². The molecule has 0 aromatic carbocycles. The van der Waals surface area contributed by atoms with Gasteiger partial charge in [-0.2, -0.15) is 0 Å². The van der Waals surface area contributed by atoms with Gasteiger partial charge in [-0.3, -0.25) is 0 Å². The van der Waals surface area contributed by atoms with E-state index in [1.54, 1.807) is 18.6 Å². The van der Waals surface area contributed by atoms with Crippen LogP contribution in [0.15, 0.2) is 35.2 Å². The van der Waals surface area contributed by atoms with E-state index in [2.05, 4.69) is 0 Å². The summed E-state index contributed by atoms with van der Waals surface area (Å²) in [5.41, 5.74) is 1.02. The Balaban J connectivity index is 2.67. The van der Waals surface area contributed by atoms with Gasteiger partial charge in [-0.15, -0.1) is 0 Å². The first-order valence-corrected chi connectivity index (χ1v) is 2.67. The predicted octanol–water partition coefficient (Wildman–Crippen LogP) is 2.28. The van der Waals surface area contributed by atoms with Crippen molar-refractivity contribution in [2.75, 3.05) is 0 Å². The van der Waals surface area contributed by atoms with E-state index >= 15 is 0 Å². The van der Waals surface area contributed by atoms with Crippen molar-refractivity contribution < 1.29 is 4.42 Å². The van der Waals surface area contributed by atoms with Gasteiger partial charge in [-0.05, 0) is 6.07 Å². The van der Waals surface area contributed by atoms with Gasteiger partial charge >= 0.3 is 0 Å². The number of hydrogen-bond acceptors (Lipinski definition) is 1. The van der Waals surface area contributed by atoms with Gasteiger partial charge in [0.15, 0.2) is 0 Å². The Hall–Kier alpha value is -1.24. The van der Waals surface area contributed by atoms with Gasteiger partial charge in [0.2, 0.25) is 0 Å². The van der Waals surface area contributed by atoms with E-state index in [0.717, 1.165) is 5.56 Å². The zero-order chi connectivity index (χ0) is 6.53. The van der Waals surface area contributed by atoms with E-state index in [4.69, 9.17) is 11.0 Å². The zero-order valence-corrected chi connectivity index (χ0v) is 4.95. The highest BCUT2D eigenvalue weighted by Gasteiger charge is 1.82. The van der Waals surface area contributed by atoms with E-state index < -0.39 is 0 Å². The molecule has 0 spiro atoms. The van der Waals surface area contributed by atoms with Crippen molar-refractivity contribution in [2.24, 2.45) is 0 Å². The third-order valence-electron chi connectivity index (χ3n) is 0.943. The maximum absolute atomic E-state index is 5.10. The Kier molecular flexibility index (Phi) is 1.91. The molecule has 0 N–H and O–H groups in total. The van der Waals surface area contributed by atoms with Gasteiger partial charge in [-0.25, -0.2) is 0 Å². The van der Waals surface area contributed by atoms with Crippen LogP contribution in [0.2, 0.25) is 0 Å². The zero-order valence-electron chi connectivity index (χ0n) is 4.95. The highest BCUT2D eigenvalue weighted by Crippen LogP contribution is 2.01. The molecule has 0 fully saturated rings. The molecule has 1 radical (unpaired) electrons. The summed E-state index contributed by atoms with van der Waals surface area (Å²) in [7, 11) is 0. The fourth-order valence-electron chi connectivity index (χ4n) is 0.536. The van der Waals surface area contributed by atoms with Crippen molar-refractivity contribution in [3.8, 4) is 0 Å². The van der Waals surface area contributed by atoms with Crippen LogP contribution in [-0.2, 0) is 0 Å². The molecule has 0 saturated heterocycles. The largest absolute Gasteiger partial charge is 0.472 e. The van der Waals surface area contributed by atoms with Gasteiger partial charge in [0.25, 0.3) is 0 Å². The predicted molar refractivity (Wildman–Crippen MR) is 36.6 cm³/mol. The van der Waals surface area contributed by atoms with Crippen molar-refractivity contribution in [3.63, 3.8) is 0 Å². The standard InChI is InChI=1S/C8H7O/c1-2-3-4-8-5-6-9-7-8/h1-7H/b2-1?,4-3+. The summed E-state index contributed by atoms with van der Waals surface area (Å²) in [5.74, 6) is 0. The first-order chi connectivity index (χ1) is 4.43. The Bertz CT molecular complexity index is 194. The molecular weight excluding hydrogens is 112 g/mol. The smallest absolute Gasteiger partial charge is 0.0974 e. The van der Waals surface area contributed by atoms with Gasteiger partial charge in [0.05, 0.1) is 12.5 Å². The van der Waals surface area contributed by atoms with Gasteiger partial charge in [0, 0.05) is 5.56 Å². The summed E-state index contributed by atoms with van der Waals surface area (Å²) in [6, 6.07) is 1.86. The average molecular weight is 119 g/mol. The monoisotopic (exact) mass is 119 g/mol. The van der Waals surface area contributed by atoms with E-state index in [0.29, 0.717) is 0 Å². The van der Waals surface area contributed by atoms with Crippen LogP contribution in [0.1, 0.15) is 5.56 Å². The molecule has 0 aliphatic carbocycles. The first-order valence-electron chi connectivity index (χ1n) is 2.67. The normalized spacial score (nSPS) is 10.2. The Morgan fingerprint density at radius 2 is 2.44 bits per heavy atom. The van der Waals surface area contributed by atoms with Crippen LogP contribution in [0.3, 0.4) is 0 Å². The van der Waals surface area contributed by atoms with Crippen LogP contribution in [-0.4, -0.2) is 0 Å². The van der Waals surface area contributed by atoms with Crippen molar-refractivity contribution in [1.82, 2.24) is 0 Å². The van der Waals surface area contributed by atoms with Crippen LogP contribution < -0.4 is 0 Å². The van der Waals surface area contributed by atoms with E-state index in [9.17, 15) is 0 Å². The molecule has 45 valence electrons. The highest BCUT2D eigenvalue weighted by molar-refractivity contribution is 5.48. The van der Waals surface area contributed by atoms with Crippen LogP contribution in [0.25, 0.3) is 6.08 Å². The minimum absolute atomic E-state index is 1.02. The van der Waals surface area contributed by atoms with Gasteiger partial charge in [0.1, 0.15) is 0 Å². The number of furan rings is 1. The minimum Gasteiger partial charge on any atom is -0.472 e. The molecule has 1 aromatic rings. The maximum Gasteiger partial charge on any atom is 0.0974 e. The molecule has 1 rings (SSSR count). The molecule has 0 amide bonds. The van der Waals surface area contributed by atoms with Crippen LogP contribution in [0.4, 0.5) is 0 Å². The van der Waals surface area contributed by atoms with Crippen molar-refractivity contribution in [2.45, 2.75) is 0 Å². The lowest BCUT2D eigenvalue weighted by molar-refractivity contribution is 0.567. The molecule has 1 heteroatoms. The number of allylic oxidation sites excluding steroid dienone is 2. The molecule has 9 heavy (non-hydrogen) atoms. The molecule has 0 bridgehead atoms. The Labute approximate surface area is 54.3 Å². The summed E-state index contributed by atoms with van der Waals surface area (Å²) in [4.78, 5) is 0. The molecule has 0 unspecified atom stereocenters. The third kappa shape index (κ3) is 1.61. The van der Waals surface area contributed by atoms with Crippen molar-refractivity contribution >= 4 is 6.08 Å². The molecule has 1 nitrogen and oxygen atoms in total. The Morgan fingerprint density at radius 1 is 1.56 bits per heavy atom. The Morgan fingerprint density at radius 3 is 3.00 bits per heavy atom. The van der Waals surface area contributed by atoms with E-state index in [1.165, 1.54) is 6.08 Å². The average Bonchev–Trinajstić information content (AvgIpc) is 2.34. The van der Waals surface area contributed by atoms with Crippen molar-refractivity contribution in [3.05, 3.63) is 42.9 Å². The first kappa shape index (κ1) is 5.89. The van der Waals surface area contributed by atoms with E-state index in [1.807, 2.05) is 12.1 Å². The summed E-state index contributed by atoms with van der Waals surface area (Å²) < 4.78 is 4.81. The lowest BCUT2D eigenvalue weighted by atomic mass is 10.3. The third-order valence-corrected chi connectivity index (χ3v) is 0.943. The SMILES string of the molecule is [CH]=C/C=C/c1ccoc1. The molecular formula is C8H7O. The molecule has 0 saturated carbocycles. The van der Waals surface area contributed by atoms with Crippen LogP contribution in [0.5, 0.6) is 0 Å². The minimum atomic E-state index is 1.02. The number of hydrogen-bond donors (Lipinski definition) is 0. The summed E-state index contributed by atoms with van der Waals surface area (Å²) in [6.45, 7) is 5.10. The summed E-state index contributed by atoms with van der Waals surface area (Å²) in [5, 5.41) is 0. The fraction of sp³-hybridized carbons (Fsp3) is 0. The lowest BCUT2D eigenvalue weighted by Crippen LogP contribution is -1.55. The van der Waals surface area contributed by atoms with Crippen molar-refractivity contribution in [1.29, 1.82) is 0 Å². The second-order valence-corrected chi connectivity index (χ2v) is 1.61. The fourth-order valence-corrected chi connectivity index (χ4v) is 0.536. The topological polar surface area (TPSA) is 13.1 Å². The molecule has 1 heterocycles. The molecule has 0 atom stereocenters. The molecule has 0 aliphatic rings. The molecule has 0 aliphatic heterocycles. The molecule has 1 aromatic heterocycles.